The molecule has 0 unspecified atom stereocenters. The topological polar surface area (TPSA) is 91.3 Å². The van der Waals surface area contributed by atoms with Gasteiger partial charge >= 0.3 is 12.1 Å². The first-order valence-electron chi connectivity index (χ1n) is 11.6. The van der Waals surface area contributed by atoms with Gasteiger partial charge in [0.15, 0.2) is 0 Å². The van der Waals surface area contributed by atoms with Crippen molar-refractivity contribution in [3.63, 3.8) is 0 Å². The van der Waals surface area contributed by atoms with Gasteiger partial charge in [-0.15, -0.1) is 0 Å². The van der Waals surface area contributed by atoms with Crippen molar-refractivity contribution in [2.45, 2.75) is 58.8 Å². The van der Waals surface area contributed by atoms with Gasteiger partial charge in [-0.2, -0.15) is 0 Å². The van der Waals surface area contributed by atoms with Crippen LogP contribution in [-0.4, -0.2) is 52.9 Å². The smallest absolute Gasteiger partial charge is 0.410 e. The third-order valence-corrected chi connectivity index (χ3v) is 5.49. The molecule has 0 fully saturated rings. The van der Waals surface area contributed by atoms with Crippen molar-refractivity contribution in [2.75, 3.05) is 25.6 Å². The van der Waals surface area contributed by atoms with Crippen LogP contribution in [0.5, 0.6) is 5.75 Å². The minimum absolute atomic E-state index is 0.0942. The van der Waals surface area contributed by atoms with Gasteiger partial charge in [0, 0.05) is 38.5 Å². The van der Waals surface area contributed by atoms with Crippen LogP contribution in [0.3, 0.4) is 0 Å². The number of hydrogen-bond donors (Lipinski definition) is 2. The summed E-state index contributed by atoms with van der Waals surface area (Å²) in [6.45, 7) is 7.54. The van der Waals surface area contributed by atoms with Crippen LogP contribution in [0.25, 0.3) is 0 Å². The van der Waals surface area contributed by atoms with Crippen molar-refractivity contribution in [1.82, 2.24) is 9.80 Å². The van der Waals surface area contributed by atoms with Crippen molar-refractivity contribution in [2.24, 2.45) is 0 Å². The quantitative estimate of drug-likeness (QED) is 0.545. The van der Waals surface area contributed by atoms with Gasteiger partial charge < -0.3 is 24.8 Å². The maximum atomic E-state index is 13.1. The number of carbonyl (C=O) groups excluding carboxylic acids is 2. The summed E-state index contributed by atoms with van der Waals surface area (Å²) in [4.78, 5) is 28.9. The van der Waals surface area contributed by atoms with Crippen LogP contribution >= 0.6 is 0 Å². The summed E-state index contributed by atoms with van der Waals surface area (Å²) < 4.78 is 10.7. The lowest BCUT2D eigenvalue weighted by Crippen LogP contribution is -2.35. The Balaban J connectivity index is 1.66. The Bertz CT molecular complexity index is 985. The summed E-state index contributed by atoms with van der Waals surface area (Å²) in [5.41, 5.74) is 3.15. The summed E-state index contributed by atoms with van der Waals surface area (Å²) >= 11 is 0. The molecule has 0 aromatic heterocycles. The first-order valence-corrected chi connectivity index (χ1v) is 11.6. The van der Waals surface area contributed by atoms with Gasteiger partial charge in [0.05, 0.1) is 7.11 Å². The highest BCUT2D eigenvalue weighted by Crippen LogP contribution is 2.27. The van der Waals surface area contributed by atoms with E-state index in [-0.39, 0.29) is 18.7 Å². The molecule has 3 rings (SSSR count). The summed E-state index contributed by atoms with van der Waals surface area (Å²) in [6, 6.07) is 13.1. The monoisotopic (exact) mass is 469 g/mol. The van der Waals surface area contributed by atoms with E-state index < -0.39 is 5.60 Å². The molecule has 0 saturated carbocycles. The van der Waals surface area contributed by atoms with Crippen molar-refractivity contribution < 1.29 is 24.2 Å². The zero-order valence-corrected chi connectivity index (χ0v) is 20.5. The van der Waals surface area contributed by atoms with Crippen molar-refractivity contribution in [1.29, 1.82) is 0 Å². The SMILES string of the molecule is COc1ccc(CN(CCCCO)C(=O)Nc2ccc3c(c2)CN(C(=O)OC(C)(C)C)C3)cc1. The van der Waals surface area contributed by atoms with Crippen LogP contribution in [-0.2, 0) is 24.4 Å². The van der Waals surface area contributed by atoms with Gasteiger partial charge in [0.2, 0.25) is 0 Å². The molecule has 0 radical (unpaired) electrons. The molecule has 3 amide bonds. The molecule has 2 aromatic carbocycles. The van der Waals surface area contributed by atoms with E-state index in [1.165, 1.54) is 0 Å². The molecule has 8 heteroatoms. The average Bonchev–Trinajstić information content (AvgIpc) is 3.21. The van der Waals surface area contributed by atoms with E-state index in [9.17, 15) is 9.59 Å². The lowest BCUT2D eigenvalue weighted by Gasteiger charge is -2.24. The molecule has 34 heavy (non-hydrogen) atoms. The number of unbranched alkanes of at least 4 members (excludes halogenated alkanes) is 1. The van der Waals surface area contributed by atoms with E-state index in [2.05, 4.69) is 5.32 Å². The standard InChI is InChI=1S/C26H35N3O5/c1-26(2,3)34-25(32)29-17-20-9-10-22(15-21(20)18-29)27-24(31)28(13-5-6-14-30)16-19-7-11-23(33-4)12-8-19/h7-12,15,30H,5-6,13-14,16-18H2,1-4H3,(H,27,31). The number of hydrogen-bond acceptors (Lipinski definition) is 5. The molecule has 0 aliphatic carbocycles. The minimum Gasteiger partial charge on any atom is -0.497 e. The number of benzene rings is 2. The van der Waals surface area contributed by atoms with Gasteiger partial charge in [-0.05, 0) is 74.6 Å². The summed E-state index contributed by atoms with van der Waals surface area (Å²) in [6.07, 6.45) is 0.991. The number of amides is 3. The van der Waals surface area contributed by atoms with Crippen LogP contribution in [0.4, 0.5) is 15.3 Å². The van der Waals surface area contributed by atoms with Crippen molar-refractivity contribution in [3.8, 4) is 5.75 Å². The van der Waals surface area contributed by atoms with E-state index in [4.69, 9.17) is 14.6 Å². The highest BCUT2D eigenvalue weighted by molar-refractivity contribution is 5.89. The van der Waals surface area contributed by atoms with E-state index >= 15 is 0 Å². The number of carbonyl (C=O) groups is 2. The fraction of sp³-hybridized carbons (Fsp3) is 0.462. The van der Waals surface area contributed by atoms with E-state index in [0.29, 0.717) is 44.7 Å². The second kappa shape index (κ2) is 11.2. The van der Waals surface area contributed by atoms with E-state index in [0.717, 1.165) is 22.4 Å². The van der Waals surface area contributed by atoms with Crippen molar-refractivity contribution >= 4 is 17.8 Å². The Morgan fingerprint density at radius 2 is 1.76 bits per heavy atom. The fourth-order valence-corrected chi connectivity index (χ4v) is 3.75. The van der Waals surface area contributed by atoms with Crippen LogP contribution in [0.2, 0.25) is 0 Å². The second-order valence-corrected chi connectivity index (χ2v) is 9.45. The van der Waals surface area contributed by atoms with Gasteiger partial charge in [0.25, 0.3) is 0 Å². The van der Waals surface area contributed by atoms with Gasteiger partial charge in [0.1, 0.15) is 11.4 Å². The normalized spacial score (nSPS) is 12.8. The number of nitrogens with one attached hydrogen (secondary N) is 1. The molecule has 0 bridgehead atoms. The summed E-state index contributed by atoms with van der Waals surface area (Å²) in [5, 5.41) is 12.1. The molecule has 1 heterocycles. The number of aliphatic hydroxyl groups excluding tert-OH is 1. The maximum absolute atomic E-state index is 13.1. The molecular formula is C26H35N3O5. The Labute approximate surface area is 201 Å². The lowest BCUT2D eigenvalue weighted by molar-refractivity contribution is 0.0242. The molecule has 1 aliphatic rings. The Kier molecular flexibility index (Phi) is 8.39. The molecule has 184 valence electrons. The molecule has 0 spiro atoms. The van der Waals surface area contributed by atoms with E-state index in [1.54, 1.807) is 16.9 Å². The van der Waals surface area contributed by atoms with Gasteiger partial charge in [-0.25, -0.2) is 9.59 Å². The predicted molar refractivity (Wildman–Crippen MR) is 131 cm³/mol. The van der Waals surface area contributed by atoms with Crippen LogP contribution in [0.1, 0.15) is 50.3 Å². The second-order valence-electron chi connectivity index (χ2n) is 9.45. The molecule has 2 aromatic rings. The molecule has 1 aliphatic heterocycles. The Morgan fingerprint density at radius 1 is 1.06 bits per heavy atom. The molecule has 0 atom stereocenters. The predicted octanol–water partition coefficient (Wildman–Crippen LogP) is 4.75. The number of aliphatic hydroxyl groups is 1. The average molecular weight is 470 g/mol. The summed E-state index contributed by atoms with van der Waals surface area (Å²) in [7, 11) is 1.62. The number of rotatable bonds is 8. The number of urea groups is 1. The van der Waals surface area contributed by atoms with Crippen LogP contribution < -0.4 is 10.1 Å². The highest BCUT2D eigenvalue weighted by atomic mass is 16.6. The summed E-state index contributed by atoms with van der Waals surface area (Å²) in [5.74, 6) is 0.763. The number of methoxy groups -OCH3 is 1. The number of nitrogens with zero attached hydrogens (tertiary/aromatic N) is 2. The molecular weight excluding hydrogens is 434 g/mol. The lowest BCUT2D eigenvalue weighted by atomic mass is 10.1. The van der Waals surface area contributed by atoms with Gasteiger partial charge in [-0.3, -0.25) is 4.90 Å². The third-order valence-electron chi connectivity index (χ3n) is 5.49. The third kappa shape index (κ3) is 7.12. The van der Waals surface area contributed by atoms with Crippen LogP contribution in [0.15, 0.2) is 42.5 Å². The van der Waals surface area contributed by atoms with Gasteiger partial charge in [-0.1, -0.05) is 18.2 Å². The first kappa shape index (κ1) is 25.4. The van der Waals surface area contributed by atoms with Crippen LogP contribution in [0, 0.1) is 0 Å². The number of fused-ring (bicyclic) bond motifs is 1. The zero-order chi connectivity index (χ0) is 24.7. The zero-order valence-electron chi connectivity index (χ0n) is 20.5. The molecule has 8 nitrogen and oxygen atoms in total. The van der Waals surface area contributed by atoms with Crippen molar-refractivity contribution in [3.05, 3.63) is 59.2 Å². The number of anilines is 1. The fourth-order valence-electron chi connectivity index (χ4n) is 3.75. The first-order chi connectivity index (χ1) is 16.2. The molecule has 2 N–H and O–H groups in total. The number of ether oxygens (including phenoxy) is 2. The minimum atomic E-state index is -0.547. The Hall–Kier alpha value is -3.26. The maximum Gasteiger partial charge on any atom is 0.410 e. The Morgan fingerprint density at radius 3 is 2.41 bits per heavy atom. The molecule has 0 saturated heterocycles. The highest BCUT2D eigenvalue weighted by Gasteiger charge is 2.28. The largest absolute Gasteiger partial charge is 0.497 e. The van der Waals surface area contributed by atoms with E-state index in [1.807, 2.05) is 63.2 Å².